The molecule has 1 saturated heterocycles. The van der Waals surface area contributed by atoms with Crippen molar-refractivity contribution in [2.24, 2.45) is 0 Å². The number of halogens is 2. The summed E-state index contributed by atoms with van der Waals surface area (Å²) >= 11 is 0. The molecule has 4 rings (SSSR count). The number of anilines is 2. The molecule has 0 saturated carbocycles. The van der Waals surface area contributed by atoms with E-state index >= 15 is 0 Å². The molecule has 8 heteroatoms. The van der Waals surface area contributed by atoms with E-state index < -0.39 is 0 Å². The number of aromatic nitrogens is 2. The minimum atomic E-state index is 0. The molecule has 0 bridgehead atoms. The van der Waals surface area contributed by atoms with Crippen LogP contribution in [0.1, 0.15) is 28.8 Å². The molecule has 6 nitrogen and oxygen atoms in total. The van der Waals surface area contributed by atoms with Gasteiger partial charge in [0.2, 0.25) is 5.95 Å². The molecule has 1 aromatic carbocycles. The van der Waals surface area contributed by atoms with Crippen LogP contribution in [0.2, 0.25) is 0 Å². The Kier molecular flexibility index (Phi) is 7.06. The fourth-order valence-electron chi connectivity index (χ4n) is 3.45. The molecule has 0 radical (unpaired) electrons. The van der Waals surface area contributed by atoms with Gasteiger partial charge < -0.3 is 15.5 Å². The monoisotopic (exact) mass is 395 g/mol. The summed E-state index contributed by atoms with van der Waals surface area (Å²) in [6.45, 7) is 2.64. The second-order valence-corrected chi connectivity index (χ2v) is 6.36. The summed E-state index contributed by atoms with van der Waals surface area (Å²) in [5, 5.41) is 6.49. The molecule has 2 N–H and O–H groups in total. The highest BCUT2D eigenvalue weighted by Crippen LogP contribution is 2.23. The molecule has 2 aliphatic heterocycles. The smallest absolute Gasteiger partial charge is 0.251 e. The Labute approximate surface area is 165 Å². The first-order valence-electron chi connectivity index (χ1n) is 8.49. The predicted molar refractivity (Wildman–Crippen MR) is 108 cm³/mol. The molecule has 1 atom stereocenters. The van der Waals surface area contributed by atoms with E-state index in [2.05, 4.69) is 25.5 Å². The maximum Gasteiger partial charge on any atom is 0.251 e. The van der Waals surface area contributed by atoms with Crippen molar-refractivity contribution in [2.75, 3.05) is 29.9 Å². The first kappa shape index (κ1) is 20.3. The topological polar surface area (TPSA) is 70.2 Å². The van der Waals surface area contributed by atoms with Gasteiger partial charge in [0.25, 0.3) is 5.91 Å². The Balaban J connectivity index is 0.00000121. The normalized spacial score (nSPS) is 18.0. The lowest BCUT2D eigenvalue weighted by molar-refractivity contribution is 0.0933. The Morgan fingerprint density at radius 1 is 1.23 bits per heavy atom. The third-order valence-corrected chi connectivity index (χ3v) is 4.67. The largest absolute Gasteiger partial charge is 0.384 e. The Hall–Kier alpha value is -2.05. The van der Waals surface area contributed by atoms with Gasteiger partial charge in [0.05, 0.1) is 0 Å². The highest BCUT2D eigenvalue weighted by atomic mass is 35.5. The fourth-order valence-corrected chi connectivity index (χ4v) is 3.45. The van der Waals surface area contributed by atoms with Gasteiger partial charge >= 0.3 is 0 Å². The minimum absolute atomic E-state index is 0. The van der Waals surface area contributed by atoms with E-state index in [4.69, 9.17) is 0 Å². The summed E-state index contributed by atoms with van der Waals surface area (Å²) in [5.41, 5.74) is 3.12. The Bertz CT molecular complexity index is 744. The number of benzene rings is 1. The number of nitrogens with one attached hydrogen (secondary N) is 2. The first-order valence-corrected chi connectivity index (χ1v) is 8.49. The van der Waals surface area contributed by atoms with Crippen LogP contribution in [0, 0.1) is 0 Å². The van der Waals surface area contributed by atoms with Crippen LogP contribution in [0.4, 0.5) is 11.6 Å². The summed E-state index contributed by atoms with van der Waals surface area (Å²) < 4.78 is 0. The maximum absolute atomic E-state index is 12.6. The van der Waals surface area contributed by atoms with Gasteiger partial charge in [0, 0.05) is 49.3 Å². The van der Waals surface area contributed by atoms with Crippen molar-refractivity contribution in [2.45, 2.75) is 25.3 Å². The zero-order valence-corrected chi connectivity index (χ0v) is 16.0. The summed E-state index contributed by atoms with van der Waals surface area (Å²) in [4.78, 5) is 23.3. The highest BCUT2D eigenvalue weighted by Gasteiger charge is 2.23. The second-order valence-electron chi connectivity index (χ2n) is 6.36. The number of carbonyl (C=O) groups is 1. The zero-order valence-electron chi connectivity index (χ0n) is 14.4. The van der Waals surface area contributed by atoms with Crippen LogP contribution in [0.15, 0.2) is 36.7 Å². The van der Waals surface area contributed by atoms with Gasteiger partial charge in [-0.1, -0.05) is 0 Å². The summed E-state index contributed by atoms with van der Waals surface area (Å²) in [6, 6.07) is 7.85. The van der Waals surface area contributed by atoms with E-state index in [1.807, 2.05) is 24.3 Å². The molecule has 0 spiro atoms. The molecule has 2 aliphatic rings. The molecular weight excluding hydrogens is 373 g/mol. The number of amides is 1. The Morgan fingerprint density at radius 3 is 2.85 bits per heavy atom. The van der Waals surface area contributed by atoms with Gasteiger partial charge in [-0.05, 0) is 49.1 Å². The average Bonchev–Trinajstić information content (AvgIpc) is 3.10. The van der Waals surface area contributed by atoms with Gasteiger partial charge in [-0.3, -0.25) is 4.79 Å². The van der Waals surface area contributed by atoms with Crippen molar-refractivity contribution >= 4 is 42.4 Å². The number of hydrogen-bond donors (Lipinski definition) is 2. The van der Waals surface area contributed by atoms with Crippen LogP contribution in [0.25, 0.3) is 0 Å². The predicted octanol–water partition coefficient (Wildman–Crippen LogP) is 2.69. The lowest BCUT2D eigenvalue weighted by Crippen LogP contribution is -2.48. The molecule has 2 aromatic rings. The lowest BCUT2D eigenvalue weighted by atomic mass is 10.0. The molecule has 1 amide bonds. The molecule has 140 valence electrons. The number of rotatable bonds is 3. The third kappa shape index (κ3) is 4.37. The maximum atomic E-state index is 12.6. The van der Waals surface area contributed by atoms with Gasteiger partial charge in [-0.2, -0.15) is 0 Å². The van der Waals surface area contributed by atoms with E-state index in [9.17, 15) is 4.79 Å². The van der Waals surface area contributed by atoms with Crippen molar-refractivity contribution in [3.63, 3.8) is 0 Å². The zero-order chi connectivity index (χ0) is 16.4. The number of carbonyl (C=O) groups excluding carboxylic acids is 1. The first-order chi connectivity index (χ1) is 11.8. The standard InChI is InChI=1S/C18H21N5O.2ClH/c24-17(14-4-5-16-13(11-14)6-9-19-16)22-15-3-1-10-23(12-15)18-20-7-2-8-21-18;;/h2,4-5,7-8,11,15,19H,1,3,6,9-10,12H2,(H,22,24);2*1H. The van der Waals surface area contributed by atoms with Gasteiger partial charge in [0.1, 0.15) is 0 Å². The van der Waals surface area contributed by atoms with Crippen molar-refractivity contribution in [1.29, 1.82) is 0 Å². The van der Waals surface area contributed by atoms with Crippen molar-refractivity contribution < 1.29 is 4.79 Å². The van der Waals surface area contributed by atoms with Crippen LogP contribution in [0.5, 0.6) is 0 Å². The summed E-state index contributed by atoms with van der Waals surface area (Å²) in [5.74, 6) is 0.741. The van der Waals surface area contributed by atoms with Crippen molar-refractivity contribution in [3.05, 3.63) is 47.8 Å². The average molecular weight is 396 g/mol. The van der Waals surface area contributed by atoms with Gasteiger partial charge in [-0.25, -0.2) is 9.97 Å². The van der Waals surface area contributed by atoms with E-state index in [1.165, 1.54) is 5.56 Å². The molecule has 1 unspecified atom stereocenters. The highest BCUT2D eigenvalue weighted by molar-refractivity contribution is 5.95. The van der Waals surface area contributed by atoms with Crippen LogP contribution in [-0.2, 0) is 6.42 Å². The molecule has 26 heavy (non-hydrogen) atoms. The lowest BCUT2D eigenvalue weighted by Gasteiger charge is -2.33. The summed E-state index contributed by atoms with van der Waals surface area (Å²) in [7, 11) is 0. The molecule has 1 aromatic heterocycles. The van der Waals surface area contributed by atoms with Crippen LogP contribution >= 0.6 is 24.8 Å². The van der Waals surface area contributed by atoms with E-state index in [1.54, 1.807) is 12.4 Å². The SMILES string of the molecule is Cl.Cl.O=C(NC1CCCN(c2ncccn2)C1)c1ccc2c(c1)CCN2. The summed E-state index contributed by atoms with van der Waals surface area (Å²) in [6.07, 6.45) is 6.50. The van der Waals surface area contributed by atoms with E-state index in [-0.39, 0.29) is 36.8 Å². The number of nitrogens with zero attached hydrogens (tertiary/aromatic N) is 3. The van der Waals surface area contributed by atoms with Crippen LogP contribution < -0.4 is 15.5 Å². The second kappa shape index (κ2) is 9.05. The third-order valence-electron chi connectivity index (χ3n) is 4.67. The number of piperidine rings is 1. The van der Waals surface area contributed by atoms with Gasteiger partial charge in [0.15, 0.2) is 0 Å². The minimum Gasteiger partial charge on any atom is -0.384 e. The molecule has 1 fully saturated rings. The Morgan fingerprint density at radius 2 is 2.04 bits per heavy atom. The molecule has 3 heterocycles. The van der Waals surface area contributed by atoms with Crippen molar-refractivity contribution in [3.8, 4) is 0 Å². The van der Waals surface area contributed by atoms with Crippen molar-refractivity contribution in [1.82, 2.24) is 15.3 Å². The van der Waals surface area contributed by atoms with E-state index in [0.717, 1.165) is 56.1 Å². The van der Waals surface area contributed by atoms with Gasteiger partial charge in [-0.15, -0.1) is 24.8 Å². The number of fused-ring (bicyclic) bond motifs is 1. The molecular formula is C18H23Cl2N5O. The van der Waals surface area contributed by atoms with E-state index in [0.29, 0.717) is 0 Å². The number of hydrogen-bond acceptors (Lipinski definition) is 5. The fraction of sp³-hybridized carbons (Fsp3) is 0.389. The van der Waals surface area contributed by atoms with Crippen LogP contribution in [0.3, 0.4) is 0 Å². The molecule has 0 aliphatic carbocycles. The quantitative estimate of drug-likeness (QED) is 0.835. The van der Waals surface area contributed by atoms with Crippen LogP contribution in [-0.4, -0.2) is 41.6 Å².